The van der Waals surface area contributed by atoms with Gasteiger partial charge in [-0.05, 0) is 0 Å². The predicted molar refractivity (Wildman–Crippen MR) is 37.3 cm³/mol. The minimum atomic E-state index is -1.05. The van der Waals surface area contributed by atoms with Gasteiger partial charge in [-0.2, -0.15) is 5.10 Å². The molecule has 0 aliphatic heterocycles. The van der Waals surface area contributed by atoms with Crippen molar-refractivity contribution in [3.05, 3.63) is 12.7 Å². The van der Waals surface area contributed by atoms with Gasteiger partial charge in [0.2, 0.25) is 0 Å². The maximum absolute atomic E-state index is 10.2. The Hall–Kier alpha value is -1.10. The predicted octanol–water partition coefficient (Wildman–Crippen LogP) is -0.0299. The second-order valence-electron chi connectivity index (χ2n) is 1.92. The highest BCUT2D eigenvalue weighted by atomic mass is 35.5. The third kappa shape index (κ3) is 2.19. The van der Waals surface area contributed by atoms with Gasteiger partial charge in [0.05, 0.1) is 6.54 Å². The van der Waals surface area contributed by atoms with Crippen molar-refractivity contribution in [3.8, 4) is 0 Å². The van der Waals surface area contributed by atoms with Crippen molar-refractivity contribution < 1.29 is 9.90 Å². The number of aromatic nitrogens is 3. The Labute approximate surface area is 67.6 Å². The minimum absolute atomic E-state index is 0.136. The fourth-order valence-electron chi connectivity index (χ4n) is 0.569. The van der Waals surface area contributed by atoms with E-state index in [1.807, 2.05) is 0 Å². The molecule has 1 rings (SSSR count). The Morgan fingerprint density at radius 3 is 3.00 bits per heavy atom. The number of carboxylic acids is 1. The lowest BCUT2D eigenvalue weighted by Gasteiger charge is -2.01. The SMILES string of the molecule is O=C(O)C(Cl)Cn1cncn1. The Balaban J connectivity index is 2.50. The minimum Gasteiger partial charge on any atom is -0.480 e. The van der Waals surface area contributed by atoms with E-state index in [4.69, 9.17) is 16.7 Å². The molecule has 1 unspecified atom stereocenters. The van der Waals surface area contributed by atoms with Crippen molar-refractivity contribution in [1.29, 1.82) is 0 Å². The first-order chi connectivity index (χ1) is 5.20. The number of alkyl halides is 1. The molecule has 1 aromatic rings. The molecule has 0 fully saturated rings. The van der Waals surface area contributed by atoms with Crippen LogP contribution in [0.4, 0.5) is 0 Å². The van der Waals surface area contributed by atoms with E-state index in [9.17, 15) is 4.79 Å². The Kier molecular flexibility index (Phi) is 2.43. The van der Waals surface area contributed by atoms with Crippen LogP contribution in [0.1, 0.15) is 0 Å². The summed E-state index contributed by atoms with van der Waals surface area (Å²) in [5, 5.41) is 11.1. The van der Waals surface area contributed by atoms with E-state index < -0.39 is 11.3 Å². The van der Waals surface area contributed by atoms with Gasteiger partial charge in [0.15, 0.2) is 5.38 Å². The van der Waals surface area contributed by atoms with Crippen molar-refractivity contribution in [2.24, 2.45) is 0 Å². The third-order valence-electron chi connectivity index (χ3n) is 1.08. The molecule has 6 heteroatoms. The lowest BCUT2D eigenvalue weighted by molar-refractivity contribution is -0.136. The molecule has 1 aromatic heterocycles. The molecule has 0 bridgehead atoms. The molecule has 5 nitrogen and oxygen atoms in total. The lowest BCUT2D eigenvalue weighted by Crippen LogP contribution is -2.20. The van der Waals surface area contributed by atoms with Gasteiger partial charge in [0.25, 0.3) is 0 Å². The number of hydrogen-bond donors (Lipinski definition) is 1. The van der Waals surface area contributed by atoms with E-state index in [1.54, 1.807) is 0 Å². The van der Waals surface area contributed by atoms with Crippen LogP contribution >= 0.6 is 11.6 Å². The third-order valence-corrected chi connectivity index (χ3v) is 1.41. The first kappa shape index (κ1) is 8.00. The van der Waals surface area contributed by atoms with Crippen LogP contribution < -0.4 is 0 Å². The van der Waals surface area contributed by atoms with Gasteiger partial charge >= 0.3 is 5.97 Å². The van der Waals surface area contributed by atoms with E-state index in [-0.39, 0.29) is 6.54 Å². The molecule has 0 amide bonds. The highest BCUT2D eigenvalue weighted by Crippen LogP contribution is 1.98. The number of carboxylic acid groups (broad SMARTS) is 1. The number of hydrogen-bond acceptors (Lipinski definition) is 3. The highest BCUT2D eigenvalue weighted by molar-refractivity contribution is 6.29. The van der Waals surface area contributed by atoms with E-state index in [2.05, 4.69) is 10.1 Å². The summed E-state index contributed by atoms with van der Waals surface area (Å²) < 4.78 is 1.37. The molecule has 0 aliphatic carbocycles. The lowest BCUT2D eigenvalue weighted by atomic mass is 10.4. The second-order valence-corrected chi connectivity index (χ2v) is 2.45. The highest BCUT2D eigenvalue weighted by Gasteiger charge is 2.13. The molecule has 0 spiro atoms. The van der Waals surface area contributed by atoms with Gasteiger partial charge in [-0.25, -0.2) is 4.98 Å². The van der Waals surface area contributed by atoms with Crippen molar-refractivity contribution >= 4 is 17.6 Å². The average molecular weight is 176 g/mol. The van der Waals surface area contributed by atoms with Crippen LogP contribution in [0.3, 0.4) is 0 Å². The van der Waals surface area contributed by atoms with Gasteiger partial charge in [0.1, 0.15) is 12.7 Å². The molecular weight excluding hydrogens is 170 g/mol. The maximum atomic E-state index is 10.2. The molecule has 60 valence electrons. The van der Waals surface area contributed by atoms with Crippen molar-refractivity contribution in [2.45, 2.75) is 11.9 Å². The van der Waals surface area contributed by atoms with Gasteiger partial charge < -0.3 is 5.11 Å². The van der Waals surface area contributed by atoms with Crippen LogP contribution in [-0.2, 0) is 11.3 Å². The number of halogens is 1. The largest absolute Gasteiger partial charge is 0.480 e. The summed E-state index contributed by atoms with van der Waals surface area (Å²) in [7, 11) is 0. The maximum Gasteiger partial charge on any atom is 0.323 e. The van der Waals surface area contributed by atoms with Crippen LogP contribution in [-0.4, -0.2) is 31.2 Å². The summed E-state index contributed by atoms with van der Waals surface area (Å²) in [6.45, 7) is 0.136. The molecule has 1 atom stereocenters. The molecule has 1 heterocycles. The van der Waals surface area contributed by atoms with Crippen molar-refractivity contribution in [2.75, 3.05) is 0 Å². The fraction of sp³-hybridized carbons (Fsp3) is 0.400. The molecule has 0 saturated carbocycles. The van der Waals surface area contributed by atoms with Crippen LogP contribution in [0.15, 0.2) is 12.7 Å². The molecule has 0 aliphatic rings. The van der Waals surface area contributed by atoms with Crippen LogP contribution in [0.25, 0.3) is 0 Å². The van der Waals surface area contributed by atoms with Gasteiger partial charge in [0, 0.05) is 0 Å². The number of aliphatic carboxylic acids is 1. The second kappa shape index (κ2) is 3.34. The van der Waals surface area contributed by atoms with Crippen molar-refractivity contribution in [3.63, 3.8) is 0 Å². The smallest absolute Gasteiger partial charge is 0.323 e. The summed E-state index contributed by atoms with van der Waals surface area (Å²) in [4.78, 5) is 13.9. The number of carbonyl (C=O) groups is 1. The van der Waals surface area contributed by atoms with E-state index in [1.165, 1.54) is 17.3 Å². The number of nitrogens with zero attached hydrogens (tertiary/aromatic N) is 3. The Morgan fingerprint density at radius 2 is 2.55 bits per heavy atom. The normalized spacial score (nSPS) is 12.8. The summed E-state index contributed by atoms with van der Waals surface area (Å²) in [6, 6.07) is 0. The van der Waals surface area contributed by atoms with E-state index in [0.29, 0.717) is 0 Å². The average Bonchev–Trinajstić information content (AvgIpc) is 2.39. The summed E-state index contributed by atoms with van der Waals surface area (Å²) >= 11 is 5.42. The first-order valence-electron chi connectivity index (χ1n) is 2.89. The molecule has 0 saturated heterocycles. The van der Waals surface area contributed by atoms with E-state index in [0.717, 1.165) is 0 Å². The molecular formula is C5H6ClN3O2. The zero-order chi connectivity index (χ0) is 8.27. The number of rotatable bonds is 3. The molecule has 0 aromatic carbocycles. The fourth-order valence-corrected chi connectivity index (χ4v) is 0.711. The summed E-state index contributed by atoms with van der Waals surface area (Å²) in [5.74, 6) is -1.05. The quantitative estimate of drug-likeness (QED) is 0.656. The first-order valence-corrected chi connectivity index (χ1v) is 3.33. The molecule has 1 N–H and O–H groups in total. The van der Waals surface area contributed by atoms with Gasteiger partial charge in [-0.3, -0.25) is 9.48 Å². The summed E-state index contributed by atoms with van der Waals surface area (Å²) in [5.41, 5.74) is 0. The van der Waals surface area contributed by atoms with Gasteiger partial charge in [-0.15, -0.1) is 11.6 Å². The molecule has 11 heavy (non-hydrogen) atoms. The van der Waals surface area contributed by atoms with Crippen molar-refractivity contribution in [1.82, 2.24) is 14.8 Å². The van der Waals surface area contributed by atoms with Crippen LogP contribution in [0.5, 0.6) is 0 Å². The summed E-state index contributed by atoms with van der Waals surface area (Å²) in [6.07, 6.45) is 2.74. The van der Waals surface area contributed by atoms with Gasteiger partial charge in [-0.1, -0.05) is 0 Å². The zero-order valence-corrected chi connectivity index (χ0v) is 6.27. The van der Waals surface area contributed by atoms with E-state index >= 15 is 0 Å². The van der Waals surface area contributed by atoms with Crippen LogP contribution in [0, 0.1) is 0 Å². The zero-order valence-electron chi connectivity index (χ0n) is 5.51. The molecule has 0 radical (unpaired) electrons. The van der Waals surface area contributed by atoms with Crippen LogP contribution in [0.2, 0.25) is 0 Å². The standard InChI is InChI=1S/C5H6ClN3O2/c6-4(5(10)11)1-9-3-7-2-8-9/h2-4H,1H2,(H,10,11). The topological polar surface area (TPSA) is 68.0 Å². The monoisotopic (exact) mass is 175 g/mol. The Bertz CT molecular complexity index is 236. The Morgan fingerprint density at radius 1 is 1.82 bits per heavy atom.